The van der Waals surface area contributed by atoms with Gasteiger partial charge in [0, 0.05) is 52.1 Å². The molecule has 1 aliphatic heterocycles. The molecule has 35 heavy (non-hydrogen) atoms. The molecule has 184 valence electrons. The fraction of sp³-hybridized carbons (Fsp3) is 0.560. The molecule has 0 amide bonds. The summed E-state index contributed by atoms with van der Waals surface area (Å²) in [6.45, 7) is 0. The number of rotatable bonds is 9. The highest BCUT2D eigenvalue weighted by molar-refractivity contribution is 8.72. The quantitative estimate of drug-likeness (QED) is 0.218. The maximum Gasteiger partial charge on any atom is 0.232 e. The Kier molecular flexibility index (Phi) is 7.75. The van der Waals surface area contributed by atoms with Crippen LogP contribution in [-0.2, 0) is 10.2 Å². The number of fused-ring (bicyclic) bond motifs is 1. The van der Waals surface area contributed by atoms with Gasteiger partial charge in [-0.05, 0) is 44.1 Å². The first kappa shape index (κ1) is 24.3. The van der Waals surface area contributed by atoms with Crippen LogP contribution in [0.15, 0.2) is 31.0 Å². The Labute approximate surface area is 212 Å². The summed E-state index contributed by atoms with van der Waals surface area (Å²) >= 11 is 0. The molecule has 5 rings (SSSR count). The number of nitrogens with zero attached hydrogens (tertiary/aromatic N) is 6. The molecule has 3 atom stereocenters. The number of aromatic nitrogens is 5. The predicted molar refractivity (Wildman–Crippen MR) is 138 cm³/mol. The molecule has 0 bridgehead atoms. The average molecular weight is 511 g/mol. The Hall–Kier alpha value is -2.35. The maximum absolute atomic E-state index is 12.9. The second-order valence-corrected chi connectivity index (χ2v) is 13.0. The Morgan fingerprint density at radius 3 is 2.91 bits per heavy atom. The number of carbonyl (C=O) groups is 1. The standard InChI is InChI=1S/C25H30N6O2S2/c26-12-9-22(18-5-1-2-6-18)31-16-19(15-29-31)24-21-10-13-30(25(21)28-17-27-24)23(32)8-4-3-7-20-11-14-34-35(20)33/h10,13,15-18,20,22H,1-9,11,14H2/t20-,22-,35?/m1/s1. The number of carbonyl (C=O) groups excluding carboxylic acids is 1. The minimum absolute atomic E-state index is 0.0117. The van der Waals surface area contributed by atoms with Crippen LogP contribution in [0, 0.1) is 17.2 Å². The van der Waals surface area contributed by atoms with Gasteiger partial charge in [-0.2, -0.15) is 10.4 Å². The van der Waals surface area contributed by atoms with Gasteiger partial charge < -0.3 is 4.55 Å². The molecule has 3 aromatic rings. The fourth-order valence-electron chi connectivity index (χ4n) is 5.40. The van der Waals surface area contributed by atoms with Crippen molar-refractivity contribution in [1.82, 2.24) is 24.3 Å². The molecule has 8 nitrogen and oxygen atoms in total. The van der Waals surface area contributed by atoms with E-state index in [1.54, 1.807) is 27.8 Å². The summed E-state index contributed by atoms with van der Waals surface area (Å²) in [5.74, 6) is 1.48. The smallest absolute Gasteiger partial charge is 0.232 e. The van der Waals surface area contributed by atoms with Crippen LogP contribution in [0.2, 0.25) is 0 Å². The topological polar surface area (TPSA) is 112 Å². The highest BCUT2D eigenvalue weighted by Crippen LogP contribution is 2.37. The van der Waals surface area contributed by atoms with E-state index in [9.17, 15) is 14.6 Å². The lowest BCUT2D eigenvalue weighted by Crippen LogP contribution is -2.17. The summed E-state index contributed by atoms with van der Waals surface area (Å²) in [4.78, 5) is 21.8. The van der Waals surface area contributed by atoms with E-state index >= 15 is 0 Å². The van der Waals surface area contributed by atoms with Crippen molar-refractivity contribution in [2.45, 2.75) is 75.5 Å². The molecule has 10 heteroatoms. The average Bonchev–Trinajstić information content (AvgIpc) is 3.67. The van der Waals surface area contributed by atoms with Crippen molar-refractivity contribution < 1.29 is 9.35 Å². The van der Waals surface area contributed by atoms with Crippen LogP contribution in [-0.4, -0.2) is 45.8 Å². The molecule has 0 radical (unpaired) electrons. The summed E-state index contributed by atoms with van der Waals surface area (Å²) < 4.78 is 15.4. The van der Waals surface area contributed by atoms with Crippen molar-refractivity contribution in [2.75, 3.05) is 5.75 Å². The van der Waals surface area contributed by atoms with Gasteiger partial charge in [0.1, 0.15) is 11.6 Å². The molecule has 0 aromatic carbocycles. The molecular formula is C25H30N6O2S2. The lowest BCUT2D eigenvalue weighted by Gasteiger charge is -2.21. The van der Waals surface area contributed by atoms with E-state index in [-0.39, 0.29) is 17.2 Å². The minimum Gasteiger partial charge on any atom is -0.605 e. The van der Waals surface area contributed by atoms with Gasteiger partial charge in [-0.3, -0.25) is 14.0 Å². The molecule has 4 heterocycles. The lowest BCUT2D eigenvalue weighted by atomic mass is 9.96. The third kappa shape index (κ3) is 5.27. The van der Waals surface area contributed by atoms with E-state index in [0.29, 0.717) is 24.4 Å². The highest BCUT2D eigenvalue weighted by Gasteiger charge is 2.30. The molecule has 1 unspecified atom stereocenters. The maximum atomic E-state index is 12.9. The van der Waals surface area contributed by atoms with E-state index < -0.39 is 10.2 Å². The van der Waals surface area contributed by atoms with Crippen LogP contribution in [0.25, 0.3) is 22.3 Å². The Morgan fingerprint density at radius 1 is 1.29 bits per heavy atom. The molecule has 2 fully saturated rings. The molecule has 1 saturated carbocycles. The van der Waals surface area contributed by atoms with E-state index in [2.05, 4.69) is 21.1 Å². The summed E-state index contributed by atoms with van der Waals surface area (Å²) in [6, 6.07) is 4.31. The second kappa shape index (κ2) is 11.1. The Balaban J connectivity index is 1.29. The Morgan fingerprint density at radius 2 is 2.14 bits per heavy atom. The van der Waals surface area contributed by atoms with E-state index in [1.807, 2.05) is 16.9 Å². The Bertz CT molecular complexity index is 1210. The van der Waals surface area contributed by atoms with Gasteiger partial charge in [-0.25, -0.2) is 9.97 Å². The first-order valence-electron chi connectivity index (χ1n) is 12.5. The zero-order valence-corrected chi connectivity index (χ0v) is 21.3. The van der Waals surface area contributed by atoms with Crippen molar-refractivity contribution in [2.24, 2.45) is 5.92 Å². The van der Waals surface area contributed by atoms with E-state index in [4.69, 9.17) is 0 Å². The van der Waals surface area contributed by atoms with Crippen LogP contribution in [0.5, 0.6) is 0 Å². The van der Waals surface area contributed by atoms with Crippen molar-refractivity contribution in [3.8, 4) is 17.3 Å². The normalized spacial score (nSPS) is 21.5. The van der Waals surface area contributed by atoms with Gasteiger partial charge in [0.15, 0.2) is 5.65 Å². The number of nitriles is 1. The van der Waals surface area contributed by atoms with Crippen LogP contribution < -0.4 is 0 Å². The third-order valence-corrected chi connectivity index (χ3v) is 11.0. The van der Waals surface area contributed by atoms with Crippen LogP contribution in [0.3, 0.4) is 0 Å². The molecule has 0 spiro atoms. The van der Waals surface area contributed by atoms with Gasteiger partial charge >= 0.3 is 0 Å². The first-order valence-corrected chi connectivity index (χ1v) is 15.2. The van der Waals surface area contributed by atoms with Gasteiger partial charge in [0.2, 0.25) is 5.91 Å². The summed E-state index contributed by atoms with van der Waals surface area (Å²) in [6.07, 6.45) is 16.3. The van der Waals surface area contributed by atoms with Crippen LogP contribution in [0.4, 0.5) is 0 Å². The van der Waals surface area contributed by atoms with Gasteiger partial charge in [-0.15, -0.1) is 0 Å². The van der Waals surface area contributed by atoms with E-state index in [1.165, 1.54) is 19.2 Å². The third-order valence-electron chi connectivity index (χ3n) is 7.29. The second-order valence-electron chi connectivity index (χ2n) is 9.46. The van der Waals surface area contributed by atoms with Crippen LogP contribution >= 0.6 is 10.8 Å². The lowest BCUT2D eigenvalue weighted by molar-refractivity contribution is 0.0904. The van der Waals surface area contributed by atoms with Gasteiger partial charge in [0.25, 0.3) is 0 Å². The van der Waals surface area contributed by atoms with Crippen molar-refractivity contribution in [3.63, 3.8) is 0 Å². The monoisotopic (exact) mass is 510 g/mol. The largest absolute Gasteiger partial charge is 0.605 e. The molecule has 1 aliphatic carbocycles. The van der Waals surface area contributed by atoms with Crippen molar-refractivity contribution >= 4 is 37.9 Å². The molecule has 3 aromatic heterocycles. The minimum atomic E-state index is -0.761. The van der Waals surface area contributed by atoms with Crippen molar-refractivity contribution in [1.29, 1.82) is 5.26 Å². The fourth-order valence-corrected chi connectivity index (χ4v) is 8.89. The van der Waals surface area contributed by atoms with E-state index in [0.717, 1.165) is 60.9 Å². The summed E-state index contributed by atoms with van der Waals surface area (Å²) in [7, 11) is 0.786. The number of hydrogen-bond donors (Lipinski definition) is 0. The predicted octanol–water partition coefficient (Wildman–Crippen LogP) is 5.31. The number of hydrogen-bond acceptors (Lipinski definition) is 7. The van der Waals surface area contributed by atoms with Gasteiger partial charge in [-0.1, -0.05) is 12.8 Å². The van der Waals surface area contributed by atoms with Crippen molar-refractivity contribution in [3.05, 3.63) is 31.0 Å². The molecular weight excluding hydrogens is 480 g/mol. The molecule has 2 aliphatic rings. The first-order chi connectivity index (χ1) is 17.2. The van der Waals surface area contributed by atoms with Crippen LogP contribution in [0.1, 0.15) is 75.0 Å². The van der Waals surface area contributed by atoms with Gasteiger partial charge in [0.05, 0.1) is 41.2 Å². The zero-order valence-electron chi connectivity index (χ0n) is 19.7. The highest BCUT2D eigenvalue weighted by atomic mass is 33.1. The number of unbranched alkanes of at least 4 members (excludes halogenated alkanes) is 1. The SMILES string of the molecule is N#CC[C@H](C1CCCC1)n1cc(-c2ncnc3c2ccn3C(=O)CCCC[C@@H]2CCS[S+]2[O-])cn1. The zero-order chi connectivity index (χ0) is 24.2. The molecule has 1 saturated heterocycles. The summed E-state index contributed by atoms with van der Waals surface area (Å²) in [5, 5.41) is 15.1. The summed E-state index contributed by atoms with van der Waals surface area (Å²) in [5.41, 5.74) is 2.22. The molecule has 0 N–H and O–H groups in total.